The molecule has 1 heterocycles. The van der Waals surface area contributed by atoms with Gasteiger partial charge in [-0.3, -0.25) is 9.59 Å². The molecule has 2 amide bonds. The van der Waals surface area contributed by atoms with Crippen molar-refractivity contribution in [3.63, 3.8) is 0 Å². The van der Waals surface area contributed by atoms with Gasteiger partial charge in [-0.2, -0.15) is 11.8 Å². The second-order valence-electron chi connectivity index (χ2n) is 9.16. The lowest BCUT2D eigenvalue weighted by Gasteiger charge is -2.30. The van der Waals surface area contributed by atoms with Crippen molar-refractivity contribution in [1.29, 1.82) is 0 Å². The second kappa shape index (κ2) is 13.5. The summed E-state index contributed by atoms with van der Waals surface area (Å²) in [5, 5.41) is 3.01. The van der Waals surface area contributed by atoms with E-state index in [1.54, 1.807) is 0 Å². The van der Waals surface area contributed by atoms with E-state index in [0.717, 1.165) is 33.9 Å². The van der Waals surface area contributed by atoms with Gasteiger partial charge in [0, 0.05) is 17.0 Å². The zero-order valence-electron chi connectivity index (χ0n) is 21.5. The number of rotatable bonds is 11. The molecule has 3 aromatic carbocycles. The molecule has 0 aromatic heterocycles. The molecule has 0 aliphatic carbocycles. The molecule has 6 heteroatoms. The fourth-order valence-electron chi connectivity index (χ4n) is 4.12. The van der Waals surface area contributed by atoms with Crippen molar-refractivity contribution in [3.8, 4) is 0 Å². The number of aryl methyl sites for hydroxylation is 1. The summed E-state index contributed by atoms with van der Waals surface area (Å²) in [7, 11) is 0. The molecule has 192 valence electrons. The third-order valence-corrected chi connectivity index (χ3v) is 8.35. The van der Waals surface area contributed by atoms with E-state index in [1.807, 2.05) is 71.3 Å². The summed E-state index contributed by atoms with van der Waals surface area (Å²) in [6.45, 7) is 5.47. The maximum absolute atomic E-state index is 13.6. The van der Waals surface area contributed by atoms with Crippen molar-refractivity contribution in [3.05, 3.63) is 100.0 Å². The van der Waals surface area contributed by atoms with Crippen molar-refractivity contribution in [1.82, 2.24) is 5.32 Å². The number of hydrogen-bond donors (Lipinski definition) is 1. The van der Waals surface area contributed by atoms with Crippen molar-refractivity contribution >= 4 is 47.1 Å². The van der Waals surface area contributed by atoms with Crippen LogP contribution in [0.1, 0.15) is 53.2 Å². The maximum Gasteiger partial charge on any atom is 0.265 e. The molecule has 37 heavy (non-hydrogen) atoms. The van der Waals surface area contributed by atoms with E-state index in [1.165, 1.54) is 35.9 Å². The molecule has 3 aromatic rings. The van der Waals surface area contributed by atoms with Gasteiger partial charge in [-0.1, -0.05) is 79.2 Å². The van der Waals surface area contributed by atoms with Crippen LogP contribution in [0.5, 0.6) is 0 Å². The summed E-state index contributed by atoms with van der Waals surface area (Å²) in [6, 6.07) is 23.8. The van der Waals surface area contributed by atoms with Gasteiger partial charge in [-0.05, 0) is 72.7 Å². The minimum atomic E-state index is -0.0564. The molecule has 0 bridgehead atoms. The van der Waals surface area contributed by atoms with Crippen molar-refractivity contribution in [2.45, 2.75) is 44.6 Å². The monoisotopic (exact) mass is 530 g/mol. The SMILES string of the molecule is CCCCSCCCNC(=O)c1ccc(C=C2Sc3ccccc3N(Cc3cccc(C)c3)C2=O)cc1. The van der Waals surface area contributed by atoms with Gasteiger partial charge in [0.15, 0.2) is 0 Å². The van der Waals surface area contributed by atoms with E-state index in [9.17, 15) is 9.59 Å². The van der Waals surface area contributed by atoms with Crippen molar-refractivity contribution < 1.29 is 9.59 Å². The number of anilines is 1. The minimum Gasteiger partial charge on any atom is -0.352 e. The van der Waals surface area contributed by atoms with Gasteiger partial charge in [-0.25, -0.2) is 0 Å². The highest BCUT2D eigenvalue weighted by molar-refractivity contribution is 8.04. The summed E-state index contributed by atoms with van der Waals surface area (Å²) >= 11 is 3.45. The predicted molar refractivity (Wildman–Crippen MR) is 158 cm³/mol. The van der Waals surface area contributed by atoms with E-state index < -0.39 is 0 Å². The highest BCUT2D eigenvalue weighted by Gasteiger charge is 2.29. The number of fused-ring (bicyclic) bond motifs is 1. The minimum absolute atomic E-state index is 0.0103. The van der Waals surface area contributed by atoms with Gasteiger partial charge in [0.05, 0.1) is 17.1 Å². The van der Waals surface area contributed by atoms with Gasteiger partial charge < -0.3 is 10.2 Å². The molecule has 1 N–H and O–H groups in total. The Kier molecular flexibility index (Phi) is 9.92. The summed E-state index contributed by atoms with van der Waals surface area (Å²) in [4.78, 5) is 29.7. The number of amides is 2. The summed E-state index contributed by atoms with van der Waals surface area (Å²) in [5.41, 5.74) is 4.75. The molecule has 0 spiro atoms. The molecule has 1 aliphatic heterocycles. The van der Waals surface area contributed by atoms with Crippen LogP contribution in [0.3, 0.4) is 0 Å². The molecule has 0 radical (unpaired) electrons. The van der Waals surface area contributed by atoms with E-state index >= 15 is 0 Å². The predicted octanol–water partition coefficient (Wildman–Crippen LogP) is 7.33. The molecule has 1 aliphatic rings. The highest BCUT2D eigenvalue weighted by Crippen LogP contribution is 2.42. The van der Waals surface area contributed by atoms with Crippen LogP contribution in [0.2, 0.25) is 0 Å². The Hall–Kier alpha value is -2.96. The smallest absolute Gasteiger partial charge is 0.265 e. The molecular formula is C31H34N2O2S2. The Morgan fingerprint density at radius 3 is 2.57 bits per heavy atom. The summed E-state index contributed by atoms with van der Waals surface area (Å²) < 4.78 is 0. The van der Waals surface area contributed by atoms with Gasteiger partial charge >= 0.3 is 0 Å². The Balaban J connectivity index is 1.42. The first-order valence-corrected chi connectivity index (χ1v) is 14.8. The van der Waals surface area contributed by atoms with Gasteiger partial charge in [0.2, 0.25) is 0 Å². The number of hydrogen-bond acceptors (Lipinski definition) is 4. The molecule has 4 nitrogen and oxygen atoms in total. The quantitative estimate of drug-likeness (QED) is 0.208. The Bertz CT molecular complexity index is 1250. The number of benzene rings is 3. The molecule has 0 atom stereocenters. The maximum atomic E-state index is 13.6. The van der Waals surface area contributed by atoms with Crippen LogP contribution in [-0.4, -0.2) is 29.9 Å². The van der Waals surface area contributed by atoms with E-state index in [4.69, 9.17) is 0 Å². The van der Waals surface area contributed by atoms with Gasteiger partial charge in [0.1, 0.15) is 0 Å². The number of nitrogens with one attached hydrogen (secondary N) is 1. The zero-order chi connectivity index (χ0) is 26.0. The lowest BCUT2D eigenvalue weighted by Crippen LogP contribution is -2.33. The fourth-order valence-corrected chi connectivity index (χ4v) is 6.23. The highest BCUT2D eigenvalue weighted by atomic mass is 32.2. The van der Waals surface area contributed by atoms with Crippen LogP contribution in [0.15, 0.2) is 82.6 Å². The second-order valence-corrected chi connectivity index (χ2v) is 11.5. The number of nitrogens with zero attached hydrogens (tertiary/aromatic N) is 1. The molecular weight excluding hydrogens is 496 g/mol. The largest absolute Gasteiger partial charge is 0.352 e. The van der Waals surface area contributed by atoms with Crippen LogP contribution in [-0.2, 0) is 11.3 Å². The van der Waals surface area contributed by atoms with E-state index in [2.05, 4.69) is 43.4 Å². The first-order valence-electron chi connectivity index (χ1n) is 12.9. The number of unbranched alkanes of at least 4 members (excludes halogenated alkanes) is 1. The number of para-hydroxylation sites is 1. The molecule has 0 saturated heterocycles. The van der Waals surface area contributed by atoms with Crippen molar-refractivity contribution in [2.75, 3.05) is 23.0 Å². The Labute approximate surface area is 228 Å². The lowest BCUT2D eigenvalue weighted by atomic mass is 10.1. The Morgan fingerprint density at radius 1 is 1.00 bits per heavy atom. The summed E-state index contributed by atoms with van der Waals surface area (Å²) in [6.07, 6.45) is 5.37. The first kappa shape index (κ1) is 27.1. The van der Waals surface area contributed by atoms with Crippen LogP contribution >= 0.6 is 23.5 Å². The molecule has 0 fully saturated rings. The summed E-state index contributed by atoms with van der Waals surface area (Å²) in [5.74, 6) is 2.20. The third-order valence-electron chi connectivity index (χ3n) is 6.12. The Morgan fingerprint density at radius 2 is 1.78 bits per heavy atom. The standard InChI is InChI=1S/C31H34N2O2S2/c1-3-4-18-36-19-8-17-32-30(34)26-15-13-24(14-16-26)21-29-31(35)33(22-25-10-7-9-23(2)20-25)27-11-5-6-12-28(27)37-29/h5-7,9-16,20-21H,3-4,8,17-19,22H2,1-2H3,(H,32,34). The van der Waals surface area contributed by atoms with Crippen LogP contribution in [0, 0.1) is 6.92 Å². The fraction of sp³-hybridized carbons (Fsp3) is 0.290. The number of thioether (sulfide) groups is 2. The van der Waals surface area contributed by atoms with Crippen LogP contribution in [0.25, 0.3) is 6.08 Å². The normalized spacial score (nSPS) is 14.1. The lowest BCUT2D eigenvalue weighted by molar-refractivity contribution is -0.114. The van der Waals surface area contributed by atoms with E-state index in [0.29, 0.717) is 23.6 Å². The van der Waals surface area contributed by atoms with Crippen LogP contribution in [0.4, 0.5) is 5.69 Å². The average molecular weight is 531 g/mol. The number of carbonyl (C=O) groups is 2. The van der Waals surface area contributed by atoms with E-state index in [-0.39, 0.29) is 11.8 Å². The topological polar surface area (TPSA) is 49.4 Å². The molecule has 4 rings (SSSR count). The first-order chi connectivity index (χ1) is 18.0. The average Bonchev–Trinajstić information content (AvgIpc) is 2.91. The number of carbonyl (C=O) groups excluding carboxylic acids is 2. The van der Waals surface area contributed by atoms with Crippen molar-refractivity contribution in [2.24, 2.45) is 0 Å². The third kappa shape index (κ3) is 7.53. The zero-order valence-corrected chi connectivity index (χ0v) is 23.2. The van der Waals surface area contributed by atoms with Gasteiger partial charge in [0.25, 0.3) is 11.8 Å². The van der Waals surface area contributed by atoms with Crippen LogP contribution < -0.4 is 10.2 Å². The van der Waals surface area contributed by atoms with Gasteiger partial charge in [-0.15, -0.1) is 0 Å². The molecule has 0 saturated carbocycles. The molecule has 0 unspecified atom stereocenters.